The van der Waals surface area contributed by atoms with Gasteiger partial charge in [0.25, 0.3) is 5.91 Å². The fourth-order valence-electron chi connectivity index (χ4n) is 2.11. The second-order valence-electron chi connectivity index (χ2n) is 5.29. The molecule has 9 heteroatoms. The largest absolute Gasteiger partial charge is 0.272 e. The van der Waals surface area contributed by atoms with Gasteiger partial charge in [0.05, 0.1) is 17.7 Å². The lowest BCUT2D eigenvalue weighted by Gasteiger charge is -2.06. The van der Waals surface area contributed by atoms with Crippen LogP contribution in [0, 0.1) is 6.92 Å². The van der Waals surface area contributed by atoms with Gasteiger partial charge in [-0.2, -0.15) is 9.78 Å². The molecule has 0 fully saturated rings. The molecule has 0 unspecified atom stereocenters. The number of para-hydroxylation sites is 1. The molecule has 1 heterocycles. The number of amides is 1. The van der Waals surface area contributed by atoms with E-state index in [2.05, 4.69) is 26.1 Å². The lowest BCUT2D eigenvalue weighted by atomic mass is 10.2. The summed E-state index contributed by atoms with van der Waals surface area (Å²) in [5, 5.41) is 16.8. The van der Waals surface area contributed by atoms with Gasteiger partial charge in [-0.15, -0.1) is 5.10 Å². The van der Waals surface area contributed by atoms with Crippen molar-refractivity contribution in [1.82, 2.24) is 25.6 Å². The normalized spacial score (nSPS) is 11.0. The van der Waals surface area contributed by atoms with Gasteiger partial charge in [0.1, 0.15) is 0 Å². The molecule has 1 amide bonds. The van der Waals surface area contributed by atoms with Gasteiger partial charge in [-0.05, 0) is 46.7 Å². The van der Waals surface area contributed by atoms with Crippen molar-refractivity contribution in [2.45, 2.75) is 12.1 Å². The van der Waals surface area contributed by atoms with Crippen molar-refractivity contribution >= 4 is 35.5 Å². The van der Waals surface area contributed by atoms with Gasteiger partial charge < -0.3 is 0 Å². The number of nitrogens with one attached hydrogen (secondary N) is 1. The number of benzene rings is 2. The molecule has 0 atom stereocenters. The molecule has 0 saturated carbocycles. The first-order valence-corrected chi connectivity index (χ1v) is 9.04. The molecule has 2 aromatic carbocycles. The Morgan fingerprint density at radius 3 is 2.81 bits per heavy atom. The third-order valence-corrected chi connectivity index (χ3v) is 4.56. The van der Waals surface area contributed by atoms with Crippen LogP contribution in [0.25, 0.3) is 5.69 Å². The standard InChI is InChI=1S/C17H15ClN6OS/c1-12-4-2-3-5-15(12)24-17(21-22-23-24)26-11-16(25)20-19-10-13-6-8-14(18)9-7-13/h2-10H,11H2,1H3,(H,20,25)/b19-10+. The summed E-state index contributed by atoms with van der Waals surface area (Å²) in [6.45, 7) is 1.98. The van der Waals surface area contributed by atoms with Crippen molar-refractivity contribution < 1.29 is 4.79 Å². The molecular weight excluding hydrogens is 372 g/mol. The topological polar surface area (TPSA) is 85.1 Å². The summed E-state index contributed by atoms with van der Waals surface area (Å²) in [7, 11) is 0. The first-order chi connectivity index (χ1) is 12.6. The molecule has 0 aliphatic carbocycles. The Balaban J connectivity index is 1.56. The van der Waals surface area contributed by atoms with Crippen LogP contribution in [0.5, 0.6) is 0 Å². The molecule has 0 aliphatic rings. The summed E-state index contributed by atoms with van der Waals surface area (Å²) in [6.07, 6.45) is 1.55. The monoisotopic (exact) mass is 386 g/mol. The van der Waals surface area contributed by atoms with Crippen LogP contribution >= 0.6 is 23.4 Å². The van der Waals surface area contributed by atoms with Crippen LogP contribution in [0.3, 0.4) is 0 Å². The Morgan fingerprint density at radius 1 is 1.27 bits per heavy atom. The van der Waals surface area contributed by atoms with E-state index in [4.69, 9.17) is 11.6 Å². The van der Waals surface area contributed by atoms with Crippen LogP contribution < -0.4 is 5.43 Å². The van der Waals surface area contributed by atoms with Crippen molar-refractivity contribution in [3.63, 3.8) is 0 Å². The van der Waals surface area contributed by atoms with Gasteiger partial charge in [-0.25, -0.2) is 5.43 Å². The minimum Gasteiger partial charge on any atom is -0.272 e. The Labute approximate surface area is 159 Å². The Bertz CT molecular complexity index is 925. The van der Waals surface area contributed by atoms with Crippen LogP contribution in [0.2, 0.25) is 5.02 Å². The third-order valence-electron chi connectivity index (χ3n) is 3.39. The highest BCUT2D eigenvalue weighted by Gasteiger charge is 2.12. The number of rotatable bonds is 6. The average molecular weight is 387 g/mol. The number of halogens is 1. The van der Waals surface area contributed by atoms with E-state index in [0.29, 0.717) is 10.2 Å². The number of aryl methyl sites for hydroxylation is 1. The van der Waals surface area contributed by atoms with Crippen molar-refractivity contribution in [3.8, 4) is 5.69 Å². The Morgan fingerprint density at radius 2 is 2.04 bits per heavy atom. The average Bonchev–Trinajstić information content (AvgIpc) is 3.10. The molecule has 3 aromatic rings. The molecule has 132 valence electrons. The number of hydrogen-bond donors (Lipinski definition) is 1. The summed E-state index contributed by atoms with van der Waals surface area (Å²) in [4.78, 5) is 12.0. The van der Waals surface area contributed by atoms with Crippen molar-refractivity contribution in [1.29, 1.82) is 0 Å². The van der Waals surface area contributed by atoms with Gasteiger partial charge in [-0.3, -0.25) is 4.79 Å². The fourth-order valence-corrected chi connectivity index (χ4v) is 2.91. The third kappa shape index (κ3) is 4.68. The quantitative estimate of drug-likeness (QED) is 0.400. The molecule has 0 saturated heterocycles. The summed E-state index contributed by atoms with van der Waals surface area (Å²) < 4.78 is 1.62. The van der Waals surface area contributed by atoms with Crippen molar-refractivity contribution in [2.24, 2.45) is 5.10 Å². The van der Waals surface area contributed by atoms with Gasteiger partial charge >= 0.3 is 0 Å². The number of hydrogen-bond acceptors (Lipinski definition) is 6. The second kappa shape index (κ2) is 8.59. The first-order valence-electron chi connectivity index (χ1n) is 7.68. The molecule has 0 aliphatic heterocycles. The van der Waals surface area contributed by atoms with Gasteiger partial charge in [-0.1, -0.05) is 53.7 Å². The lowest BCUT2D eigenvalue weighted by Crippen LogP contribution is -2.20. The van der Waals surface area contributed by atoms with E-state index in [1.54, 1.807) is 23.0 Å². The zero-order chi connectivity index (χ0) is 18.4. The number of nitrogens with zero attached hydrogens (tertiary/aromatic N) is 5. The van der Waals surface area contributed by atoms with Crippen LogP contribution in [0.1, 0.15) is 11.1 Å². The molecule has 0 spiro atoms. The molecular formula is C17H15ClN6OS. The molecule has 0 bridgehead atoms. The minimum atomic E-state index is -0.250. The second-order valence-corrected chi connectivity index (χ2v) is 6.67. The highest BCUT2D eigenvalue weighted by molar-refractivity contribution is 7.99. The number of carbonyl (C=O) groups is 1. The minimum absolute atomic E-state index is 0.143. The number of carbonyl (C=O) groups excluding carboxylic acids is 1. The molecule has 1 aromatic heterocycles. The number of aromatic nitrogens is 4. The van der Waals surface area contributed by atoms with Crippen LogP contribution in [-0.4, -0.2) is 38.1 Å². The van der Waals surface area contributed by atoms with E-state index in [-0.39, 0.29) is 11.7 Å². The smallest absolute Gasteiger partial charge is 0.250 e. The number of hydrazone groups is 1. The summed E-state index contributed by atoms with van der Waals surface area (Å²) in [5.41, 5.74) is 5.23. The maximum Gasteiger partial charge on any atom is 0.250 e. The fraction of sp³-hybridized carbons (Fsp3) is 0.118. The zero-order valence-electron chi connectivity index (χ0n) is 13.8. The molecule has 1 N–H and O–H groups in total. The van der Waals surface area contributed by atoms with Crippen molar-refractivity contribution in [2.75, 3.05) is 5.75 Å². The Hall–Kier alpha value is -2.71. The van der Waals surface area contributed by atoms with Crippen LogP contribution in [0.15, 0.2) is 58.8 Å². The number of thioether (sulfide) groups is 1. The van der Waals surface area contributed by atoms with Gasteiger partial charge in [0.15, 0.2) is 0 Å². The zero-order valence-corrected chi connectivity index (χ0v) is 15.4. The summed E-state index contributed by atoms with van der Waals surface area (Å²) in [6, 6.07) is 14.9. The molecule has 7 nitrogen and oxygen atoms in total. The predicted molar refractivity (Wildman–Crippen MR) is 102 cm³/mol. The van der Waals surface area contributed by atoms with E-state index < -0.39 is 0 Å². The van der Waals surface area contributed by atoms with E-state index in [1.807, 2.05) is 43.3 Å². The van der Waals surface area contributed by atoms with Crippen LogP contribution in [0.4, 0.5) is 0 Å². The molecule has 0 radical (unpaired) electrons. The highest BCUT2D eigenvalue weighted by atomic mass is 35.5. The Kier molecular flexibility index (Phi) is 5.98. The molecule has 3 rings (SSSR count). The van der Waals surface area contributed by atoms with E-state index in [9.17, 15) is 4.79 Å². The highest BCUT2D eigenvalue weighted by Crippen LogP contribution is 2.20. The van der Waals surface area contributed by atoms with Crippen molar-refractivity contribution in [3.05, 3.63) is 64.7 Å². The predicted octanol–water partition coefficient (Wildman–Crippen LogP) is 2.87. The first kappa shape index (κ1) is 18.1. The van der Waals surface area contributed by atoms with E-state index in [0.717, 1.165) is 16.8 Å². The maximum atomic E-state index is 12.0. The summed E-state index contributed by atoms with van der Waals surface area (Å²) >= 11 is 7.05. The van der Waals surface area contributed by atoms with Gasteiger partial charge in [0, 0.05) is 5.02 Å². The SMILES string of the molecule is Cc1ccccc1-n1nnnc1SCC(=O)N/N=C/c1ccc(Cl)cc1. The number of tetrazole rings is 1. The summed E-state index contributed by atoms with van der Waals surface area (Å²) in [5.74, 6) is -0.107. The maximum absolute atomic E-state index is 12.0. The molecule has 26 heavy (non-hydrogen) atoms. The lowest BCUT2D eigenvalue weighted by molar-refractivity contribution is -0.118. The van der Waals surface area contributed by atoms with Gasteiger partial charge in [0.2, 0.25) is 5.16 Å². The van der Waals surface area contributed by atoms with E-state index in [1.165, 1.54) is 11.8 Å². The van der Waals surface area contributed by atoms with E-state index >= 15 is 0 Å². The van der Waals surface area contributed by atoms with Crippen LogP contribution in [-0.2, 0) is 4.79 Å².